The van der Waals surface area contributed by atoms with Crippen molar-refractivity contribution in [1.82, 2.24) is 20.0 Å². The molecule has 1 heterocycles. The number of allylic oxidation sites excluding steroid dienone is 1. The van der Waals surface area contributed by atoms with Gasteiger partial charge in [0.25, 0.3) is 0 Å². The highest BCUT2D eigenvalue weighted by Crippen LogP contribution is 2.32. The summed E-state index contributed by atoms with van der Waals surface area (Å²) >= 11 is 0. The fraction of sp³-hybridized carbons (Fsp3) is 0.857. The lowest BCUT2D eigenvalue weighted by atomic mass is 9.83. The van der Waals surface area contributed by atoms with E-state index in [9.17, 15) is 0 Å². The number of ether oxygens (including phenoxy) is 1. The third kappa shape index (κ3) is 9.00. The van der Waals surface area contributed by atoms with Crippen LogP contribution in [-0.2, 0) is 16.7 Å². The van der Waals surface area contributed by atoms with Gasteiger partial charge in [0.1, 0.15) is 0 Å². The van der Waals surface area contributed by atoms with Gasteiger partial charge in [0.2, 0.25) is 0 Å². The lowest BCUT2D eigenvalue weighted by molar-refractivity contribution is 0.00700. The maximum Gasteiger partial charge on any atom is 0.0833 e. The molecule has 0 N–H and O–H groups in total. The van der Waals surface area contributed by atoms with Crippen LogP contribution in [0, 0.1) is 22.7 Å². The topological polar surface area (TPSA) is 67.9 Å². The fourth-order valence-corrected chi connectivity index (χ4v) is 3.47. The van der Waals surface area contributed by atoms with E-state index in [2.05, 4.69) is 117 Å². The number of nitrogens with zero attached hydrogens (tertiary/aromatic N) is 6. The summed E-state index contributed by atoms with van der Waals surface area (Å²) in [5.74, 6) is 0.931. The van der Waals surface area contributed by atoms with Crippen molar-refractivity contribution in [3.8, 4) is 0 Å². The van der Waals surface area contributed by atoms with E-state index in [0.717, 1.165) is 30.7 Å². The lowest BCUT2D eigenvalue weighted by Gasteiger charge is -2.36. The summed E-state index contributed by atoms with van der Waals surface area (Å²) in [7, 11) is 1.98. The predicted octanol–water partition coefficient (Wildman–Crippen LogP) is 7.31. The molecule has 0 aliphatic heterocycles. The summed E-state index contributed by atoms with van der Waals surface area (Å²) in [6, 6.07) is 0. The highest BCUT2D eigenvalue weighted by Gasteiger charge is 2.30. The van der Waals surface area contributed by atoms with Gasteiger partial charge in [-0.3, -0.25) is 5.01 Å². The van der Waals surface area contributed by atoms with Crippen molar-refractivity contribution < 1.29 is 4.74 Å². The molecule has 0 spiro atoms. The van der Waals surface area contributed by atoms with Crippen LogP contribution in [0.25, 0.3) is 0 Å². The highest BCUT2D eigenvalue weighted by molar-refractivity contribution is 5.00. The van der Waals surface area contributed by atoms with E-state index in [-0.39, 0.29) is 21.9 Å². The first-order valence-electron chi connectivity index (χ1n) is 13.2. The Bertz CT molecular complexity index is 836. The van der Waals surface area contributed by atoms with Gasteiger partial charge < -0.3 is 4.74 Å². The van der Waals surface area contributed by atoms with Gasteiger partial charge in [-0.2, -0.15) is 0 Å². The van der Waals surface area contributed by atoms with Crippen molar-refractivity contribution in [2.75, 3.05) is 20.3 Å². The largest absolute Gasteiger partial charge is 0.380 e. The molecule has 202 valence electrons. The standard InChI is InChI=1S/C28H54N6O/c1-15-28(13,16-23(6)29-31-33(14)26(9,10)21(2)3)20-35-19-25(7,8)17-24-18-34(32-30-24)27(11,12)22(4)5/h18,21-22H,6,15-17,19-20H2,1-5,7-14H3/b31-29-. The monoisotopic (exact) mass is 490 g/mol. The Hall–Kier alpha value is -1.76. The van der Waals surface area contributed by atoms with Gasteiger partial charge in [-0.1, -0.05) is 72.4 Å². The van der Waals surface area contributed by atoms with Crippen molar-refractivity contribution >= 4 is 0 Å². The molecule has 1 atom stereocenters. The van der Waals surface area contributed by atoms with Gasteiger partial charge >= 0.3 is 0 Å². The van der Waals surface area contributed by atoms with Crippen LogP contribution in [0.5, 0.6) is 0 Å². The lowest BCUT2D eigenvalue weighted by Crippen LogP contribution is -2.42. The Morgan fingerprint density at radius 3 is 2.17 bits per heavy atom. The third-order valence-electron chi connectivity index (χ3n) is 8.20. The van der Waals surface area contributed by atoms with E-state index in [0.29, 0.717) is 25.0 Å². The van der Waals surface area contributed by atoms with Crippen LogP contribution in [-0.4, -0.2) is 45.8 Å². The number of rotatable bonds is 15. The van der Waals surface area contributed by atoms with Crippen LogP contribution >= 0.6 is 0 Å². The zero-order valence-electron chi connectivity index (χ0n) is 25.1. The van der Waals surface area contributed by atoms with Crippen LogP contribution < -0.4 is 0 Å². The van der Waals surface area contributed by atoms with Gasteiger partial charge in [-0.05, 0) is 63.2 Å². The van der Waals surface area contributed by atoms with E-state index < -0.39 is 0 Å². The maximum atomic E-state index is 6.27. The van der Waals surface area contributed by atoms with Gasteiger partial charge in [-0.25, -0.2) is 4.68 Å². The highest BCUT2D eigenvalue weighted by atomic mass is 16.5. The van der Waals surface area contributed by atoms with Crippen LogP contribution in [0.4, 0.5) is 0 Å². The molecule has 0 aliphatic carbocycles. The number of hydrogen-bond donors (Lipinski definition) is 0. The second-order valence-corrected chi connectivity index (χ2v) is 13.2. The molecule has 35 heavy (non-hydrogen) atoms. The van der Waals surface area contributed by atoms with Crippen molar-refractivity contribution in [2.24, 2.45) is 33.0 Å². The minimum Gasteiger partial charge on any atom is -0.380 e. The quantitative estimate of drug-likeness (QED) is 0.191. The van der Waals surface area contributed by atoms with E-state index in [1.54, 1.807) is 0 Å². The Kier molecular flexibility index (Phi) is 10.7. The summed E-state index contributed by atoms with van der Waals surface area (Å²) < 4.78 is 8.27. The molecule has 0 radical (unpaired) electrons. The normalized spacial score (nSPS) is 15.3. The molecule has 0 fully saturated rings. The smallest absolute Gasteiger partial charge is 0.0833 e. The fourth-order valence-electron chi connectivity index (χ4n) is 3.47. The zero-order valence-corrected chi connectivity index (χ0v) is 25.1. The average Bonchev–Trinajstić information content (AvgIpc) is 3.19. The second kappa shape index (κ2) is 12.0. The molecular weight excluding hydrogens is 436 g/mol. The van der Waals surface area contributed by atoms with Gasteiger partial charge in [0, 0.05) is 19.7 Å². The molecule has 1 unspecified atom stereocenters. The molecule has 0 aliphatic rings. The van der Waals surface area contributed by atoms with Gasteiger partial charge in [0.05, 0.1) is 35.7 Å². The molecule has 0 aromatic carbocycles. The minimum atomic E-state index is -0.0670. The Labute approximate surface area is 215 Å². The molecule has 7 heteroatoms. The van der Waals surface area contributed by atoms with Crippen LogP contribution in [0.15, 0.2) is 28.8 Å². The first-order chi connectivity index (χ1) is 15.9. The van der Waals surface area contributed by atoms with Gasteiger partial charge in [0.15, 0.2) is 0 Å². The molecule has 0 amide bonds. The first-order valence-corrected chi connectivity index (χ1v) is 13.2. The van der Waals surface area contributed by atoms with Crippen molar-refractivity contribution in [3.63, 3.8) is 0 Å². The SMILES string of the molecule is C=C(CC(C)(CC)COCC(C)(C)Cc1cn(C(C)(C)C(C)C)nn1)/N=N\N(C)C(C)(C)C(C)C. The van der Waals surface area contributed by atoms with Crippen LogP contribution in [0.2, 0.25) is 0 Å². The summed E-state index contributed by atoms with van der Waals surface area (Å²) in [4.78, 5) is 0. The van der Waals surface area contributed by atoms with Crippen LogP contribution in [0.1, 0.15) is 102 Å². The van der Waals surface area contributed by atoms with E-state index in [1.807, 2.05) is 16.7 Å². The molecule has 0 saturated heterocycles. The van der Waals surface area contributed by atoms with E-state index in [1.165, 1.54) is 0 Å². The minimum absolute atomic E-state index is 0.0389. The molecular formula is C28H54N6O. The first kappa shape index (κ1) is 31.3. The average molecular weight is 491 g/mol. The number of hydrogen-bond acceptors (Lipinski definition) is 5. The third-order valence-corrected chi connectivity index (χ3v) is 8.20. The molecule has 1 aromatic rings. The maximum absolute atomic E-state index is 6.27. The summed E-state index contributed by atoms with van der Waals surface area (Å²) in [6.07, 6.45) is 4.64. The zero-order chi connectivity index (χ0) is 27.2. The molecule has 1 rings (SSSR count). The Balaban J connectivity index is 2.67. The summed E-state index contributed by atoms with van der Waals surface area (Å²) in [6.45, 7) is 31.9. The summed E-state index contributed by atoms with van der Waals surface area (Å²) in [5.41, 5.74) is 1.58. The Morgan fingerprint density at radius 2 is 1.66 bits per heavy atom. The van der Waals surface area contributed by atoms with Gasteiger partial charge in [-0.15, -0.1) is 10.2 Å². The Morgan fingerprint density at radius 1 is 1.06 bits per heavy atom. The predicted molar refractivity (Wildman–Crippen MR) is 146 cm³/mol. The molecule has 0 bridgehead atoms. The second-order valence-electron chi connectivity index (χ2n) is 13.2. The van der Waals surface area contributed by atoms with Crippen molar-refractivity contribution in [3.05, 3.63) is 24.2 Å². The number of aromatic nitrogens is 3. The van der Waals surface area contributed by atoms with Crippen molar-refractivity contribution in [1.29, 1.82) is 0 Å². The molecule has 0 saturated carbocycles. The van der Waals surface area contributed by atoms with Crippen LogP contribution in [0.3, 0.4) is 0 Å². The molecule has 1 aromatic heterocycles. The van der Waals surface area contributed by atoms with Crippen molar-refractivity contribution in [2.45, 2.75) is 113 Å². The summed E-state index contributed by atoms with van der Waals surface area (Å²) in [5, 5.41) is 19.7. The molecule has 7 nitrogen and oxygen atoms in total. The van der Waals surface area contributed by atoms with E-state index in [4.69, 9.17) is 4.74 Å². The van der Waals surface area contributed by atoms with E-state index >= 15 is 0 Å².